The lowest BCUT2D eigenvalue weighted by Gasteiger charge is -2.02. The van der Waals surface area contributed by atoms with E-state index in [0.717, 1.165) is 16.5 Å². The standard InChI is InChI=1S/C14H18N4OS/c1-10-3-5-11(6-4-10)17-14-18-12(9-20-14)7-16-8-13(19)15-2/h3-6,9,16H,7-8H2,1-2H3,(H,15,19)(H,17,18)/p+1. The van der Waals surface area contributed by atoms with Gasteiger partial charge in [-0.15, -0.1) is 11.3 Å². The molecule has 1 aromatic carbocycles. The summed E-state index contributed by atoms with van der Waals surface area (Å²) >= 11 is 1.57. The number of thiazole rings is 1. The lowest BCUT2D eigenvalue weighted by Crippen LogP contribution is -2.85. The fraction of sp³-hybridized carbons (Fsp3) is 0.286. The molecule has 2 rings (SSSR count). The number of rotatable bonds is 6. The van der Waals surface area contributed by atoms with Crippen molar-refractivity contribution < 1.29 is 10.1 Å². The van der Waals surface area contributed by atoms with Crippen molar-refractivity contribution in [1.29, 1.82) is 0 Å². The Labute approximate surface area is 122 Å². The Morgan fingerprint density at radius 3 is 2.80 bits per heavy atom. The maximum Gasteiger partial charge on any atom is 0.274 e. The molecule has 0 aliphatic rings. The second-order valence-electron chi connectivity index (χ2n) is 4.51. The number of carbonyl (C=O) groups excluding carboxylic acids is 1. The number of benzene rings is 1. The number of nitrogens with zero attached hydrogens (tertiary/aromatic N) is 1. The Balaban J connectivity index is 1.85. The highest BCUT2D eigenvalue weighted by Crippen LogP contribution is 2.20. The Hall–Kier alpha value is -1.92. The fourth-order valence-electron chi connectivity index (χ4n) is 1.67. The zero-order valence-electron chi connectivity index (χ0n) is 11.6. The van der Waals surface area contributed by atoms with Gasteiger partial charge in [-0.1, -0.05) is 17.7 Å². The summed E-state index contributed by atoms with van der Waals surface area (Å²) in [5.41, 5.74) is 3.25. The fourth-order valence-corrected chi connectivity index (χ4v) is 2.42. The van der Waals surface area contributed by atoms with E-state index in [1.54, 1.807) is 18.4 Å². The zero-order chi connectivity index (χ0) is 14.4. The van der Waals surface area contributed by atoms with Gasteiger partial charge in [0.2, 0.25) is 0 Å². The molecular weight excluding hydrogens is 272 g/mol. The van der Waals surface area contributed by atoms with E-state index in [-0.39, 0.29) is 5.91 Å². The van der Waals surface area contributed by atoms with Crippen molar-refractivity contribution in [1.82, 2.24) is 10.3 Å². The van der Waals surface area contributed by atoms with E-state index in [1.165, 1.54) is 5.56 Å². The molecule has 0 bridgehead atoms. The summed E-state index contributed by atoms with van der Waals surface area (Å²) in [6.07, 6.45) is 0. The minimum absolute atomic E-state index is 0.0261. The molecule has 0 saturated heterocycles. The molecule has 1 aromatic heterocycles. The summed E-state index contributed by atoms with van der Waals surface area (Å²) < 4.78 is 0. The van der Waals surface area contributed by atoms with Crippen LogP contribution in [0.2, 0.25) is 0 Å². The molecule has 0 aliphatic carbocycles. The van der Waals surface area contributed by atoms with Crippen LogP contribution in [0.3, 0.4) is 0 Å². The summed E-state index contributed by atoms with van der Waals surface area (Å²) in [5.74, 6) is 0.0261. The SMILES string of the molecule is CNC(=O)C[NH2+]Cc1csc(Nc2ccc(C)cc2)n1. The number of amides is 1. The third-order valence-corrected chi connectivity index (χ3v) is 3.62. The Morgan fingerprint density at radius 2 is 2.10 bits per heavy atom. The number of carbonyl (C=O) groups is 1. The number of likely N-dealkylation sites (N-methyl/N-ethyl adjacent to an activating group) is 1. The molecule has 5 nitrogen and oxygen atoms in total. The van der Waals surface area contributed by atoms with Crippen LogP contribution in [0.1, 0.15) is 11.3 Å². The monoisotopic (exact) mass is 291 g/mol. The van der Waals surface area contributed by atoms with Gasteiger partial charge in [0.05, 0.1) is 0 Å². The van der Waals surface area contributed by atoms with Gasteiger partial charge < -0.3 is 16.0 Å². The van der Waals surface area contributed by atoms with Gasteiger partial charge in [-0.05, 0) is 19.1 Å². The van der Waals surface area contributed by atoms with Crippen LogP contribution in [0.5, 0.6) is 0 Å². The first-order chi connectivity index (χ1) is 9.67. The number of nitrogens with one attached hydrogen (secondary N) is 2. The first-order valence-electron chi connectivity index (χ1n) is 6.47. The van der Waals surface area contributed by atoms with Gasteiger partial charge in [0.25, 0.3) is 5.91 Å². The van der Waals surface area contributed by atoms with Crippen molar-refractivity contribution in [2.75, 3.05) is 18.9 Å². The summed E-state index contributed by atoms with van der Waals surface area (Å²) in [6, 6.07) is 8.20. The maximum absolute atomic E-state index is 11.1. The number of aryl methyl sites for hydroxylation is 1. The number of nitrogens with two attached hydrogens (primary N) is 1. The van der Waals surface area contributed by atoms with Crippen LogP contribution >= 0.6 is 11.3 Å². The minimum Gasteiger partial charge on any atom is -0.354 e. The van der Waals surface area contributed by atoms with E-state index in [0.29, 0.717) is 13.1 Å². The number of hydrogen-bond acceptors (Lipinski definition) is 4. The van der Waals surface area contributed by atoms with Crippen molar-refractivity contribution in [3.05, 3.63) is 40.9 Å². The highest BCUT2D eigenvalue weighted by Gasteiger charge is 2.05. The van der Waals surface area contributed by atoms with Crippen LogP contribution in [0.15, 0.2) is 29.6 Å². The van der Waals surface area contributed by atoms with Gasteiger partial charge in [-0.25, -0.2) is 4.98 Å². The zero-order valence-corrected chi connectivity index (χ0v) is 12.5. The van der Waals surface area contributed by atoms with Crippen molar-refractivity contribution >= 4 is 28.1 Å². The second kappa shape index (κ2) is 7.02. The molecule has 6 heteroatoms. The van der Waals surface area contributed by atoms with E-state index in [4.69, 9.17) is 0 Å². The smallest absolute Gasteiger partial charge is 0.274 e. The maximum atomic E-state index is 11.1. The van der Waals surface area contributed by atoms with E-state index < -0.39 is 0 Å². The minimum atomic E-state index is 0.0261. The summed E-state index contributed by atoms with van der Waals surface area (Å²) in [7, 11) is 1.64. The third-order valence-electron chi connectivity index (χ3n) is 2.82. The predicted molar refractivity (Wildman–Crippen MR) is 81.1 cm³/mol. The van der Waals surface area contributed by atoms with Crippen LogP contribution in [0.4, 0.5) is 10.8 Å². The third kappa shape index (κ3) is 4.32. The second-order valence-corrected chi connectivity index (χ2v) is 5.36. The lowest BCUT2D eigenvalue weighted by molar-refractivity contribution is -0.660. The molecule has 0 spiro atoms. The van der Waals surface area contributed by atoms with E-state index in [2.05, 4.69) is 34.7 Å². The molecule has 2 aromatic rings. The van der Waals surface area contributed by atoms with Crippen molar-refractivity contribution in [2.45, 2.75) is 13.5 Å². The van der Waals surface area contributed by atoms with Crippen LogP contribution in [-0.2, 0) is 11.3 Å². The predicted octanol–water partition coefficient (Wildman–Crippen LogP) is 1.00. The van der Waals surface area contributed by atoms with E-state index in [1.807, 2.05) is 22.8 Å². The van der Waals surface area contributed by atoms with Gasteiger partial charge in [0.15, 0.2) is 11.7 Å². The Kier molecular flexibility index (Phi) is 5.09. The van der Waals surface area contributed by atoms with Crippen LogP contribution in [0.25, 0.3) is 0 Å². The quantitative estimate of drug-likeness (QED) is 0.744. The van der Waals surface area contributed by atoms with Crippen LogP contribution in [0, 0.1) is 6.92 Å². The molecule has 0 fully saturated rings. The molecule has 4 N–H and O–H groups in total. The molecule has 0 radical (unpaired) electrons. The molecule has 1 heterocycles. The number of quaternary nitrogens is 1. The molecule has 0 saturated carbocycles. The van der Waals surface area contributed by atoms with Gasteiger partial charge in [-0.3, -0.25) is 4.79 Å². The summed E-state index contributed by atoms with van der Waals surface area (Å²) in [5, 5.41) is 10.7. The topological polar surface area (TPSA) is 70.6 Å². The molecular formula is C14H19N4OS+. The molecule has 1 amide bonds. The summed E-state index contributed by atoms with van der Waals surface area (Å²) in [6.45, 7) is 3.20. The highest BCUT2D eigenvalue weighted by molar-refractivity contribution is 7.13. The van der Waals surface area contributed by atoms with Gasteiger partial charge >= 0.3 is 0 Å². The van der Waals surface area contributed by atoms with Gasteiger partial charge in [0, 0.05) is 18.1 Å². The highest BCUT2D eigenvalue weighted by atomic mass is 32.1. The van der Waals surface area contributed by atoms with E-state index in [9.17, 15) is 4.79 Å². The molecule has 0 unspecified atom stereocenters. The van der Waals surface area contributed by atoms with Gasteiger partial charge in [0.1, 0.15) is 12.2 Å². The molecule has 106 valence electrons. The van der Waals surface area contributed by atoms with E-state index >= 15 is 0 Å². The average molecular weight is 291 g/mol. The normalized spacial score (nSPS) is 10.3. The Bertz CT molecular complexity index is 565. The lowest BCUT2D eigenvalue weighted by atomic mass is 10.2. The van der Waals surface area contributed by atoms with Gasteiger partial charge in [-0.2, -0.15) is 0 Å². The molecule has 0 aliphatic heterocycles. The van der Waals surface area contributed by atoms with Crippen LogP contribution in [-0.4, -0.2) is 24.5 Å². The summed E-state index contributed by atoms with van der Waals surface area (Å²) in [4.78, 5) is 15.6. The average Bonchev–Trinajstić information content (AvgIpc) is 2.89. The first kappa shape index (κ1) is 14.5. The van der Waals surface area contributed by atoms with Crippen molar-refractivity contribution in [3.8, 4) is 0 Å². The van der Waals surface area contributed by atoms with Crippen molar-refractivity contribution in [2.24, 2.45) is 0 Å². The number of aromatic nitrogens is 1. The number of anilines is 2. The number of hydrogen-bond donors (Lipinski definition) is 3. The Morgan fingerprint density at radius 1 is 1.35 bits per heavy atom. The molecule has 20 heavy (non-hydrogen) atoms. The molecule has 0 atom stereocenters. The first-order valence-corrected chi connectivity index (χ1v) is 7.35. The van der Waals surface area contributed by atoms with Crippen LogP contribution < -0.4 is 16.0 Å². The largest absolute Gasteiger partial charge is 0.354 e. The van der Waals surface area contributed by atoms with Crippen molar-refractivity contribution in [3.63, 3.8) is 0 Å².